The van der Waals surface area contributed by atoms with Crippen molar-refractivity contribution in [3.63, 3.8) is 0 Å². The molecule has 0 aromatic carbocycles. The van der Waals surface area contributed by atoms with Crippen molar-refractivity contribution in [3.05, 3.63) is 64.2 Å². The second kappa shape index (κ2) is 7.86. The number of aromatic nitrogens is 7. The van der Waals surface area contributed by atoms with Crippen LogP contribution in [0.15, 0.2) is 41.7 Å². The van der Waals surface area contributed by atoms with Crippen LogP contribution in [0.1, 0.15) is 30.3 Å². The Balaban J connectivity index is 1.58. The molecule has 5 heterocycles. The summed E-state index contributed by atoms with van der Waals surface area (Å²) in [6.07, 6.45) is -4.26. The molecule has 1 atom stereocenters. The predicted molar refractivity (Wildman–Crippen MR) is 113 cm³/mol. The number of hydrogen-bond donors (Lipinski definition) is 2. The lowest BCUT2D eigenvalue weighted by Gasteiger charge is -2.20. The first-order chi connectivity index (χ1) is 16.9. The number of alkyl halides is 5. The normalized spacial score (nSPS) is 17.9. The minimum atomic E-state index is -5.72. The molecule has 4 aromatic heterocycles. The standard InChI is InChI=1S/C21H15F5N8O2/c1-19(12-4-2-3-7-27-12)13-15(33-18(19)36)31-14(32-17(13)35)11-8-34-16(28-9-29-34)10(30-11)5-6-20(22,23)21(24,25)26/h2-4,7-9H,5-6H2,1H3,(H2,31,32,33,35,36). The zero-order valence-corrected chi connectivity index (χ0v) is 18.3. The number of hydrogen-bond acceptors (Lipinski definition) is 7. The highest BCUT2D eigenvalue weighted by atomic mass is 19.4. The van der Waals surface area contributed by atoms with Crippen molar-refractivity contribution >= 4 is 17.4 Å². The lowest BCUT2D eigenvalue weighted by Crippen LogP contribution is -2.37. The van der Waals surface area contributed by atoms with E-state index in [1.54, 1.807) is 18.2 Å². The largest absolute Gasteiger partial charge is 0.453 e. The van der Waals surface area contributed by atoms with E-state index in [1.807, 2.05) is 0 Å². The van der Waals surface area contributed by atoms with Crippen LogP contribution in [-0.4, -0.2) is 52.5 Å². The number of anilines is 1. The number of pyridine rings is 1. The number of nitrogens with zero attached hydrogens (tertiary/aromatic N) is 6. The zero-order chi connectivity index (χ0) is 25.9. The third kappa shape index (κ3) is 3.58. The molecule has 1 aliphatic heterocycles. The summed E-state index contributed by atoms with van der Waals surface area (Å²) in [5.74, 6) is -5.60. The van der Waals surface area contributed by atoms with Gasteiger partial charge in [-0.1, -0.05) is 6.07 Å². The zero-order valence-electron chi connectivity index (χ0n) is 18.3. The van der Waals surface area contributed by atoms with Gasteiger partial charge in [-0.25, -0.2) is 14.5 Å². The van der Waals surface area contributed by atoms with E-state index in [-0.39, 0.29) is 34.2 Å². The van der Waals surface area contributed by atoms with Crippen LogP contribution in [0.2, 0.25) is 0 Å². The Morgan fingerprint density at radius 3 is 2.56 bits per heavy atom. The molecule has 0 fully saturated rings. The number of fused-ring (bicyclic) bond motifs is 2. The number of carbonyl (C=O) groups is 1. The van der Waals surface area contributed by atoms with Gasteiger partial charge >= 0.3 is 12.1 Å². The third-order valence-electron chi connectivity index (χ3n) is 5.95. The van der Waals surface area contributed by atoms with E-state index in [0.717, 1.165) is 10.8 Å². The number of aryl methyl sites for hydroxylation is 1. The fourth-order valence-corrected chi connectivity index (χ4v) is 4.00. The minimum absolute atomic E-state index is 0.0156. The van der Waals surface area contributed by atoms with E-state index in [1.165, 1.54) is 19.3 Å². The van der Waals surface area contributed by atoms with Gasteiger partial charge in [0.15, 0.2) is 11.5 Å². The lowest BCUT2D eigenvalue weighted by atomic mass is 9.81. The summed E-state index contributed by atoms with van der Waals surface area (Å²) >= 11 is 0. The number of amides is 1. The summed E-state index contributed by atoms with van der Waals surface area (Å²) in [5, 5.41) is 6.47. The quantitative estimate of drug-likeness (QED) is 0.398. The number of carbonyl (C=O) groups excluding carboxylic acids is 1. The number of H-pyrrole nitrogens is 1. The van der Waals surface area contributed by atoms with Gasteiger partial charge in [0.1, 0.15) is 23.3 Å². The van der Waals surface area contributed by atoms with Gasteiger partial charge in [0.25, 0.3) is 5.56 Å². The molecule has 1 unspecified atom stereocenters. The van der Waals surface area contributed by atoms with Crippen molar-refractivity contribution in [3.8, 4) is 11.5 Å². The van der Waals surface area contributed by atoms with Crippen LogP contribution < -0.4 is 10.9 Å². The van der Waals surface area contributed by atoms with Crippen molar-refractivity contribution < 1.29 is 26.7 Å². The fraction of sp³-hybridized carbons (Fsp3) is 0.286. The van der Waals surface area contributed by atoms with Gasteiger partial charge in [0.05, 0.1) is 23.1 Å². The van der Waals surface area contributed by atoms with E-state index >= 15 is 0 Å². The molecule has 10 nitrogen and oxygen atoms in total. The van der Waals surface area contributed by atoms with Crippen LogP contribution in [0.4, 0.5) is 27.8 Å². The van der Waals surface area contributed by atoms with Crippen LogP contribution in [0.5, 0.6) is 0 Å². The molecule has 0 spiro atoms. The summed E-state index contributed by atoms with van der Waals surface area (Å²) < 4.78 is 66.0. The van der Waals surface area contributed by atoms with E-state index in [9.17, 15) is 31.5 Å². The summed E-state index contributed by atoms with van der Waals surface area (Å²) in [7, 11) is 0. The van der Waals surface area contributed by atoms with Crippen molar-refractivity contribution in [2.24, 2.45) is 0 Å². The molecule has 0 radical (unpaired) electrons. The number of nitrogens with one attached hydrogen (secondary N) is 2. The molecular weight excluding hydrogens is 491 g/mol. The average molecular weight is 506 g/mol. The fourth-order valence-electron chi connectivity index (χ4n) is 4.00. The molecule has 1 aliphatic rings. The van der Waals surface area contributed by atoms with E-state index < -0.39 is 41.8 Å². The van der Waals surface area contributed by atoms with Crippen molar-refractivity contribution in [2.45, 2.75) is 37.3 Å². The van der Waals surface area contributed by atoms with Gasteiger partial charge in [-0.2, -0.15) is 32.0 Å². The van der Waals surface area contributed by atoms with E-state index in [4.69, 9.17) is 0 Å². The second-order valence-electron chi connectivity index (χ2n) is 8.24. The molecule has 0 saturated heterocycles. The van der Waals surface area contributed by atoms with E-state index in [2.05, 4.69) is 35.3 Å². The second-order valence-corrected chi connectivity index (χ2v) is 8.24. The molecule has 2 N–H and O–H groups in total. The summed E-state index contributed by atoms with van der Waals surface area (Å²) in [6.45, 7) is 1.52. The topological polar surface area (TPSA) is 131 Å². The van der Waals surface area contributed by atoms with Gasteiger partial charge in [-0.3, -0.25) is 14.6 Å². The summed E-state index contributed by atoms with van der Waals surface area (Å²) in [5.41, 5.74) is -2.21. The Morgan fingerprint density at radius 1 is 1.08 bits per heavy atom. The molecule has 0 aliphatic carbocycles. The minimum Gasteiger partial charge on any atom is -0.324 e. The highest BCUT2D eigenvalue weighted by molar-refractivity contribution is 6.07. The molecular formula is C21H15F5N8O2. The Morgan fingerprint density at radius 2 is 1.86 bits per heavy atom. The molecule has 15 heteroatoms. The van der Waals surface area contributed by atoms with Crippen molar-refractivity contribution in [1.82, 2.24) is 34.5 Å². The Kier molecular flexibility index (Phi) is 5.12. The Hall–Kier alpha value is -4.30. The van der Waals surface area contributed by atoms with Crippen LogP contribution in [0.3, 0.4) is 0 Å². The van der Waals surface area contributed by atoms with Gasteiger partial charge in [0.2, 0.25) is 5.91 Å². The van der Waals surface area contributed by atoms with Gasteiger partial charge < -0.3 is 10.3 Å². The van der Waals surface area contributed by atoms with E-state index in [0.29, 0.717) is 5.69 Å². The van der Waals surface area contributed by atoms with Crippen molar-refractivity contribution in [1.29, 1.82) is 0 Å². The number of halogens is 5. The molecule has 36 heavy (non-hydrogen) atoms. The first-order valence-corrected chi connectivity index (χ1v) is 10.4. The van der Waals surface area contributed by atoms with Crippen LogP contribution in [-0.2, 0) is 16.6 Å². The highest BCUT2D eigenvalue weighted by Crippen LogP contribution is 2.40. The maximum absolute atomic E-state index is 13.5. The molecule has 0 bridgehead atoms. The first kappa shape index (κ1) is 23.4. The summed E-state index contributed by atoms with van der Waals surface area (Å²) in [6, 6.07) is 4.90. The highest BCUT2D eigenvalue weighted by Gasteiger charge is 2.56. The maximum Gasteiger partial charge on any atom is 0.453 e. The predicted octanol–water partition coefficient (Wildman–Crippen LogP) is 2.66. The SMILES string of the molecule is CC1(c2ccccn2)C(=O)Nc2[nH]c(-c3cn4ncnc4c(CCC(F)(F)C(F)(F)F)n3)nc(=O)c21. The Bertz CT molecular complexity index is 1550. The van der Waals surface area contributed by atoms with Crippen molar-refractivity contribution in [2.75, 3.05) is 5.32 Å². The molecule has 186 valence electrons. The number of aromatic amines is 1. The summed E-state index contributed by atoms with van der Waals surface area (Å²) in [4.78, 5) is 44.9. The van der Waals surface area contributed by atoms with Gasteiger partial charge in [-0.05, 0) is 25.5 Å². The maximum atomic E-state index is 13.5. The van der Waals surface area contributed by atoms with Crippen LogP contribution >= 0.6 is 0 Å². The molecule has 0 saturated carbocycles. The first-order valence-electron chi connectivity index (χ1n) is 10.4. The Labute approximate surface area is 197 Å². The monoisotopic (exact) mass is 506 g/mol. The molecule has 5 rings (SSSR count). The smallest absolute Gasteiger partial charge is 0.324 e. The molecule has 1 amide bonds. The lowest BCUT2D eigenvalue weighted by molar-refractivity contribution is -0.284. The third-order valence-corrected chi connectivity index (χ3v) is 5.95. The number of rotatable bonds is 5. The molecule has 4 aromatic rings. The van der Waals surface area contributed by atoms with Gasteiger partial charge in [-0.15, -0.1) is 0 Å². The van der Waals surface area contributed by atoms with Crippen LogP contribution in [0, 0.1) is 0 Å². The average Bonchev–Trinajstić information content (AvgIpc) is 3.40. The van der Waals surface area contributed by atoms with Crippen LogP contribution in [0.25, 0.3) is 17.2 Å². The van der Waals surface area contributed by atoms with Gasteiger partial charge in [0, 0.05) is 12.6 Å².